The average molecular weight is 236 g/mol. The second-order valence-electron chi connectivity index (χ2n) is 4.75. The zero-order chi connectivity index (χ0) is 12.8. The molecule has 0 unspecified atom stereocenters. The summed E-state index contributed by atoms with van der Waals surface area (Å²) in [5.41, 5.74) is 6.74. The fraction of sp³-hybridized carbons (Fsp3) is 0.600. The molecular formula is C15H24O2. The minimum Gasteiger partial charge on any atom is -0.396 e. The number of aliphatic hydroxyl groups is 2. The van der Waals surface area contributed by atoms with Crippen LogP contribution in [0.1, 0.15) is 40.7 Å². The highest BCUT2D eigenvalue weighted by molar-refractivity contribution is 5.44. The number of aryl methyl sites for hydroxylation is 2. The lowest BCUT2D eigenvalue weighted by molar-refractivity contribution is 0.288. The van der Waals surface area contributed by atoms with Crippen molar-refractivity contribution in [2.24, 2.45) is 0 Å². The van der Waals surface area contributed by atoms with E-state index in [-0.39, 0.29) is 13.2 Å². The van der Waals surface area contributed by atoms with Gasteiger partial charge >= 0.3 is 0 Å². The smallest absolute Gasteiger partial charge is 0.0434 e. The zero-order valence-electron chi connectivity index (χ0n) is 11.2. The molecule has 0 saturated carbocycles. The standard InChI is InChI=1S/C15H24O2/c1-11-10-12(2)15(7-5-9-17)13(3)14(11)6-4-8-16/h10,16-17H,4-9H2,1-3H3. The summed E-state index contributed by atoms with van der Waals surface area (Å²) in [6.45, 7) is 6.95. The third-order valence-electron chi connectivity index (χ3n) is 3.46. The second-order valence-corrected chi connectivity index (χ2v) is 4.75. The summed E-state index contributed by atoms with van der Waals surface area (Å²) in [7, 11) is 0. The molecule has 0 saturated heterocycles. The van der Waals surface area contributed by atoms with Gasteiger partial charge in [0.2, 0.25) is 0 Å². The van der Waals surface area contributed by atoms with Crippen molar-refractivity contribution in [1.82, 2.24) is 0 Å². The molecule has 2 N–H and O–H groups in total. The Labute approximate surface area is 104 Å². The number of rotatable bonds is 6. The van der Waals surface area contributed by atoms with E-state index in [2.05, 4.69) is 26.8 Å². The molecule has 0 amide bonds. The minimum atomic E-state index is 0.249. The monoisotopic (exact) mass is 236 g/mol. The molecule has 0 spiro atoms. The SMILES string of the molecule is Cc1cc(C)c(CCCO)c(C)c1CCCO. The summed E-state index contributed by atoms with van der Waals surface area (Å²) in [6, 6.07) is 2.23. The molecule has 96 valence electrons. The Hall–Kier alpha value is -0.860. The second kappa shape index (κ2) is 6.77. The van der Waals surface area contributed by atoms with Gasteiger partial charge in [-0.1, -0.05) is 6.07 Å². The van der Waals surface area contributed by atoms with Crippen LogP contribution < -0.4 is 0 Å². The number of aliphatic hydroxyl groups excluding tert-OH is 2. The lowest BCUT2D eigenvalue weighted by Crippen LogP contribution is -2.04. The highest BCUT2D eigenvalue weighted by Gasteiger charge is 2.10. The maximum atomic E-state index is 8.94. The predicted octanol–water partition coefficient (Wildman–Crippen LogP) is 2.46. The average Bonchev–Trinajstić information content (AvgIpc) is 2.28. The van der Waals surface area contributed by atoms with E-state index in [1.165, 1.54) is 27.8 Å². The van der Waals surface area contributed by atoms with Crippen LogP contribution in [0.3, 0.4) is 0 Å². The van der Waals surface area contributed by atoms with Crippen LogP contribution in [-0.4, -0.2) is 23.4 Å². The Bertz CT molecular complexity index is 337. The van der Waals surface area contributed by atoms with Gasteiger partial charge in [-0.2, -0.15) is 0 Å². The normalized spacial score (nSPS) is 10.9. The summed E-state index contributed by atoms with van der Waals surface area (Å²) in [4.78, 5) is 0. The highest BCUT2D eigenvalue weighted by atomic mass is 16.3. The van der Waals surface area contributed by atoms with E-state index in [0.717, 1.165) is 25.7 Å². The fourth-order valence-electron chi connectivity index (χ4n) is 2.55. The van der Waals surface area contributed by atoms with E-state index in [1.54, 1.807) is 0 Å². The highest BCUT2D eigenvalue weighted by Crippen LogP contribution is 2.24. The van der Waals surface area contributed by atoms with Crippen LogP contribution in [0.2, 0.25) is 0 Å². The first-order chi connectivity index (χ1) is 8.11. The summed E-state index contributed by atoms with van der Waals surface area (Å²) < 4.78 is 0. The van der Waals surface area contributed by atoms with E-state index < -0.39 is 0 Å². The van der Waals surface area contributed by atoms with Crippen molar-refractivity contribution in [2.45, 2.75) is 46.5 Å². The Morgan fingerprint density at radius 1 is 0.824 bits per heavy atom. The van der Waals surface area contributed by atoms with Crippen LogP contribution in [0.25, 0.3) is 0 Å². The van der Waals surface area contributed by atoms with Crippen molar-refractivity contribution in [2.75, 3.05) is 13.2 Å². The molecule has 1 aromatic rings. The minimum absolute atomic E-state index is 0.249. The van der Waals surface area contributed by atoms with Crippen LogP contribution in [0.4, 0.5) is 0 Å². The number of hydrogen-bond acceptors (Lipinski definition) is 2. The van der Waals surface area contributed by atoms with Gasteiger partial charge in [0.05, 0.1) is 0 Å². The van der Waals surface area contributed by atoms with Crippen LogP contribution in [0.5, 0.6) is 0 Å². The maximum absolute atomic E-state index is 8.94. The Morgan fingerprint density at radius 3 is 1.59 bits per heavy atom. The first kappa shape index (κ1) is 14.2. The molecule has 0 aliphatic carbocycles. The van der Waals surface area contributed by atoms with Gasteiger partial charge in [0, 0.05) is 13.2 Å². The molecule has 0 radical (unpaired) electrons. The van der Waals surface area contributed by atoms with E-state index in [1.807, 2.05) is 0 Å². The van der Waals surface area contributed by atoms with E-state index in [0.29, 0.717) is 0 Å². The van der Waals surface area contributed by atoms with Crippen LogP contribution >= 0.6 is 0 Å². The van der Waals surface area contributed by atoms with Crippen LogP contribution in [-0.2, 0) is 12.8 Å². The van der Waals surface area contributed by atoms with Crippen molar-refractivity contribution < 1.29 is 10.2 Å². The fourth-order valence-corrected chi connectivity index (χ4v) is 2.55. The Kier molecular flexibility index (Phi) is 5.66. The van der Waals surface area contributed by atoms with Crippen molar-refractivity contribution in [3.63, 3.8) is 0 Å². The summed E-state index contributed by atoms with van der Waals surface area (Å²) in [5, 5.41) is 17.9. The largest absolute Gasteiger partial charge is 0.396 e. The Morgan fingerprint density at radius 2 is 1.24 bits per heavy atom. The molecule has 0 fully saturated rings. The first-order valence-corrected chi connectivity index (χ1v) is 6.42. The van der Waals surface area contributed by atoms with E-state index >= 15 is 0 Å². The van der Waals surface area contributed by atoms with Crippen molar-refractivity contribution in [3.8, 4) is 0 Å². The van der Waals surface area contributed by atoms with Crippen LogP contribution in [0, 0.1) is 20.8 Å². The van der Waals surface area contributed by atoms with Crippen LogP contribution in [0.15, 0.2) is 6.07 Å². The number of hydrogen-bond donors (Lipinski definition) is 2. The lowest BCUT2D eigenvalue weighted by atomic mass is 9.89. The quantitative estimate of drug-likeness (QED) is 0.796. The molecule has 1 aromatic carbocycles. The molecule has 2 heteroatoms. The third kappa shape index (κ3) is 3.55. The Balaban J connectivity index is 3.04. The van der Waals surface area contributed by atoms with Gasteiger partial charge in [-0.05, 0) is 74.3 Å². The van der Waals surface area contributed by atoms with Crippen molar-refractivity contribution in [1.29, 1.82) is 0 Å². The third-order valence-corrected chi connectivity index (χ3v) is 3.46. The molecule has 0 aliphatic heterocycles. The van der Waals surface area contributed by atoms with Gasteiger partial charge in [0.25, 0.3) is 0 Å². The van der Waals surface area contributed by atoms with Gasteiger partial charge in [0.15, 0.2) is 0 Å². The van der Waals surface area contributed by atoms with Crippen molar-refractivity contribution in [3.05, 3.63) is 33.9 Å². The molecular weight excluding hydrogens is 212 g/mol. The molecule has 0 heterocycles. The maximum Gasteiger partial charge on any atom is 0.0434 e. The molecule has 0 atom stereocenters. The van der Waals surface area contributed by atoms with Gasteiger partial charge < -0.3 is 10.2 Å². The van der Waals surface area contributed by atoms with E-state index in [4.69, 9.17) is 10.2 Å². The number of benzene rings is 1. The molecule has 2 nitrogen and oxygen atoms in total. The zero-order valence-corrected chi connectivity index (χ0v) is 11.2. The summed E-state index contributed by atoms with van der Waals surface area (Å²) >= 11 is 0. The topological polar surface area (TPSA) is 40.5 Å². The van der Waals surface area contributed by atoms with E-state index in [9.17, 15) is 0 Å². The van der Waals surface area contributed by atoms with Gasteiger partial charge in [-0.25, -0.2) is 0 Å². The van der Waals surface area contributed by atoms with Crippen molar-refractivity contribution >= 4 is 0 Å². The first-order valence-electron chi connectivity index (χ1n) is 6.42. The molecule has 17 heavy (non-hydrogen) atoms. The van der Waals surface area contributed by atoms with Gasteiger partial charge in [0.1, 0.15) is 0 Å². The predicted molar refractivity (Wildman–Crippen MR) is 71.5 cm³/mol. The molecule has 0 bridgehead atoms. The molecule has 1 rings (SSSR count). The summed E-state index contributed by atoms with van der Waals surface area (Å²) in [5.74, 6) is 0. The van der Waals surface area contributed by atoms with Gasteiger partial charge in [-0.15, -0.1) is 0 Å². The molecule has 0 aromatic heterocycles. The lowest BCUT2D eigenvalue weighted by Gasteiger charge is -2.17. The molecule has 0 aliphatic rings. The summed E-state index contributed by atoms with van der Waals surface area (Å²) in [6.07, 6.45) is 3.54. The van der Waals surface area contributed by atoms with Gasteiger partial charge in [-0.3, -0.25) is 0 Å².